The molecule has 0 aliphatic heterocycles. The van der Waals surface area contributed by atoms with Gasteiger partial charge in [-0.25, -0.2) is 9.78 Å². The molecule has 0 saturated heterocycles. The van der Waals surface area contributed by atoms with E-state index in [9.17, 15) is 4.79 Å². The number of nitriles is 1. The third-order valence-electron chi connectivity index (χ3n) is 2.24. The molecular weight excluding hydrogens is 234 g/mol. The standard InChI is InChI=1S/C12H9N3O3/c13-5-8-3-1-2-4-9(8)14-7-11-15-6-10(18-11)12(16)17/h1-4,6,14H,7H2,(H,16,17). The van der Waals surface area contributed by atoms with E-state index in [1.807, 2.05) is 6.07 Å². The molecule has 6 nitrogen and oxygen atoms in total. The van der Waals surface area contributed by atoms with E-state index in [0.29, 0.717) is 11.3 Å². The number of nitrogens with zero attached hydrogens (tertiary/aromatic N) is 2. The fraction of sp³-hybridized carbons (Fsp3) is 0.0833. The van der Waals surface area contributed by atoms with Gasteiger partial charge in [-0.05, 0) is 12.1 Å². The normalized spacial score (nSPS) is 9.72. The molecule has 0 saturated carbocycles. The van der Waals surface area contributed by atoms with Crippen LogP contribution in [0.15, 0.2) is 34.9 Å². The van der Waals surface area contributed by atoms with Gasteiger partial charge in [0, 0.05) is 0 Å². The van der Waals surface area contributed by atoms with Crippen molar-refractivity contribution in [2.45, 2.75) is 6.54 Å². The molecule has 0 amide bonds. The quantitative estimate of drug-likeness (QED) is 0.850. The lowest BCUT2D eigenvalue weighted by atomic mass is 10.2. The van der Waals surface area contributed by atoms with Crippen molar-refractivity contribution in [2.75, 3.05) is 5.32 Å². The molecule has 2 rings (SSSR count). The van der Waals surface area contributed by atoms with Gasteiger partial charge in [-0.15, -0.1) is 0 Å². The van der Waals surface area contributed by atoms with Crippen LogP contribution < -0.4 is 5.32 Å². The van der Waals surface area contributed by atoms with Crippen molar-refractivity contribution in [3.63, 3.8) is 0 Å². The maximum atomic E-state index is 10.6. The van der Waals surface area contributed by atoms with Crippen LogP contribution in [-0.4, -0.2) is 16.1 Å². The number of hydrogen-bond donors (Lipinski definition) is 2. The van der Waals surface area contributed by atoms with Crippen LogP contribution in [0.1, 0.15) is 22.0 Å². The smallest absolute Gasteiger partial charge is 0.373 e. The number of hydrogen-bond acceptors (Lipinski definition) is 5. The summed E-state index contributed by atoms with van der Waals surface area (Å²) < 4.78 is 4.98. The fourth-order valence-electron chi connectivity index (χ4n) is 1.40. The molecule has 0 aliphatic rings. The molecule has 0 bridgehead atoms. The Morgan fingerprint density at radius 2 is 2.28 bits per heavy atom. The van der Waals surface area contributed by atoms with Crippen LogP contribution in [0, 0.1) is 11.3 Å². The van der Waals surface area contributed by atoms with E-state index in [2.05, 4.69) is 10.3 Å². The molecule has 18 heavy (non-hydrogen) atoms. The van der Waals surface area contributed by atoms with Crippen LogP contribution >= 0.6 is 0 Å². The van der Waals surface area contributed by atoms with E-state index in [4.69, 9.17) is 14.8 Å². The van der Waals surface area contributed by atoms with Gasteiger partial charge < -0.3 is 14.8 Å². The first-order valence-corrected chi connectivity index (χ1v) is 5.11. The second kappa shape index (κ2) is 5.01. The van der Waals surface area contributed by atoms with Gasteiger partial charge in [0.1, 0.15) is 6.07 Å². The van der Waals surface area contributed by atoms with Crippen LogP contribution in [0.4, 0.5) is 5.69 Å². The maximum absolute atomic E-state index is 10.6. The summed E-state index contributed by atoms with van der Waals surface area (Å²) in [7, 11) is 0. The molecule has 0 atom stereocenters. The average Bonchev–Trinajstić information content (AvgIpc) is 2.85. The van der Waals surface area contributed by atoms with Gasteiger partial charge in [0.2, 0.25) is 11.7 Å². The molecular formula is C12H9N3O3. The molecule has 0 radical (unpaired) electrons. The van der Waals surface area contributed by atoms with Crippen LogP contribution in [-0.2, 0) is 6.54 Å². The van der Waals surface area contributed by atoms with Crippen molar-refractivity contribution in [1.82, 2.24) is 4.98 Å². The summed E-state index contributed by atoms with van der Waals surface area (Å²) in [5.74, 6) is -1.12. The maximum Gasteiger partial charge on any atom is 0.373 e. The Morgan fingerprint density at radius 1 is 1.50 bits per heavy atom. The highest BCUT2D eigenvalue weighted by atomic mass is 16.4. The van der Waals surface area contributed by atoms with Gasteiger partial charge >= 0.3 is 5.97 Å². The predicted molar refractivity (Wildman–Crippen MR) is 61.9 cm³/mol. The third-order valence-corrected chi connectivity index (χ3v) is 2.24. The first-order chi connectivity index (χ1) is 8.70. The van der Waals surface area contributed by atoms with E-state index < -0.39 is 5.97 Å². The van der Waals surface area contributed by atoms with E-state index in [-0.39, 0.29) is 18.2 Å². The zero-order valence-electron chi connectivity index (χ0n) is 9.25. The highest BCUT2D eigenvalue weighted by Gasteiger charge is 2.10. The number of carbonyl (C=O) groups is 1. The molecule has 0 aliphatic carbocycles. The molecule has 2 aromatic rings. The highest BCUT2D eigenvalue weighted by Crippen LogP contribution is 2.14. The second-order valence-corrected chi connectivity index (χ2v) is 3.43. The number of aromatic nitrogens is 1. The largest absolute Gasteiger partial charge is 0.475 e. The lowest BCUT2D eigenvalue weighted by Gasteiger charge is -2.04. The number of carboxylic acid groups (broad SMARTS) is 1. The van der Waals surface area contributed by atoms with Crippen LogP contribution in [0.5, 0.6) is 0 Å². The van der Waals surface area contributed by atoms with Crippen molar-refractivity contribution in [3.8, 4) is 6.07 Å². The Bertz CT molecular complexity index is 613. The molecule has 1 heterocycles. The number of benzene rings is 1. The molecule has 2 N–H and O–H groups in total. The minimum atomic E-state index is -1.16. The molecule has 90 valence electrons. The van der Waals surface area contributed by atoms with E-state index in [1.54, 1.807) is 24.3 Å². The number of nitrogens with one attached hydrogen (secondary N) is 1. The number of rotatable bonds is 4. The van der Waals surface area contributed by atoms with Crippen molar-refractivity contribution >= 4 is 11.7 Å². The summed E-state index contributed by atoms with van der Waals surface area (Å²) in [5.41, 5.74) is 1.15. The van der Waals surface area contributed by atoms with E-state index in [0.717, 1.165) is 6.20 Å². The number of para-hydroxylation sites is 1. The van der Waals surface area contributed by atoms with E-state index in [1.165, 1.54) is 0 Å². The minimum absolute atomic E-state index is 0.208. The number of oxazole rings is 1. The Hall–Kier alpha value is -2.81. The van der Waals surface area contributed by atoms with Crippen molar-refractivity contribution < 1.29 is 14.3 Å². The summed E-state index contributed by atoms with van der Waals surface area (Å²) in [4.78, 5) is 14.4. The van der Waals surface area contributed by atoms with Gasteiger partial charge in [0.05, 0.1) is 24.0 Å². The number of aromatic carboxylic acids is 1. The summed E-state index contributed by atoms with van der Waals surface area (Å²) in [6, 6.07) is 9.03. The second-order valence-electron chi connectivity index (χ2n) is 3.43. The molecule has 0 unspecified atom stereocenters. The summed E-state index contributed by atoms with van der Waals surface area (Å²) in [6.07, 6.45) is 1.15. The molecule has 1 aromatic heterocycles. The Balaban J connectivity index is 2.07. The summed E-state index contributed by atoms with van der Waals surface area (Å²) in [5, 5.41) is 20.5. The first kappa shape index (κ1) is 11.7. The SMILES string of the molecule is N#Cc1ccccc1NCc1ncc(C(=O)O)o1. The first-order valence-electron chi connectivity index (χ1n) is 5.11. The zero-order valence-corrected chi connectivity index (χ0v) is 9.25. The van der Waals surface area contributed by atoms with Gasteiger partial charge in [-0.2, -0.15) is 5.26 Å². The van der Waals surface area contributed by atoms with Gasteiger partial charge in [-0.1, -0.05) is 12.1 Å². The van der Waals surface area contributed by atoms with Crippen molar-refractivity contribution in [3.05, 3.63) is 47.7 Å². The monoisotopic (exact) mass is 243 g/mol. The molecule has 1 aromatic carbocycles. The molecule has 0 spiro atoms. The number of carboxylic acids is 1. The van der Waals surface area contributed by atoms with Crippen LogP contribution in [0.3, 0.4) is 0 Å². The molecule has 6 heteroatoms. The topological polar surface area (TPSA) is 99.2 Å². The van der Waals surface area contributed by atoms with Gasteiger partial charge in [-0.3, -0.25) is 0 Å². The van der Waals surface area contributed by atoms with Crippen LogP contribution in [0.25, 0.3) is 0 Å². The lowest BCUT2D eigenvalue weighted by Crippen LogP contribution is -2.01. The summed E-state index contributed by atoms with van der Waals surface area (Å²) >= 11 is 0. The number of anilines is 1. The molecule has 0 fully saturated rings. The third kappa shape index (κ3) is 2.47. The Morgan fingerprint density at radius 3 is 2.94 bits per heavy atom. The van der Waals surface area contributed by atoms with Gasteiger partial charge in [0.15, 0.2) is 0 Å². The average molecular weight is 243 g/mol. The van der Waals surface area contributed by atoms with Crippen molar-refractivity contribution in [2.24, 2.45) is 0 Å². The Labute approximate surface area is 102 Å². The van der Waals surface area contributed by atoms with Gasteiger partial charge in [0.25, 0.3) is 0 Å². The Kier molecular flexibility index (Phi) is 3.25. The zero-order chi connectivity index (χ0) is 13.0. The highest BCUT2D eigenvalue weighted by molar-refractivity contribution is 5.83. The summed E-state index contributed by atoms with van der Waals surface area (Å²) in [6.45, 7) is 0.214. The minimum Gasteiger partial charge on any atom is -0.475 e. The van der Waals surface area contributed by atoms with E-state index >= 15 is 0 Å². The lowest BCUT2D eigenvalue weighted by molar-refractivity contribution is 0.0660. The van der Waals surface area contributed by atoms with Crippen LogP contribution in [0.2, 0.25) is 0 Å². The predicted octanol–water partition coefficient (Wildman–Crippen LogP) is 1.86. The van der Waals surface area contributed by atoms with Crippen molar-refractivity contribution in [1.29, 1.82) is 5.26 Å². The fourth-order valence-corrected chi connectivity index (χ4v) is 1.40.